The normalized spacial score (nSPS) is 14.7. The van der Waals surface area contributed by atoms with Gasteiger partial charge in [-0.25, -0.2) is 18.4 Å². The maximum Gasteiger partial charge on any atom is 0.421 e. The second-order valence-corrected chi connectivity index (χ2v) is 11.7. The highest BCUT2D eigenvalue weighted by atomic mass is 32.2. The fraction of sp³-hybridized carbons (Fsp3) is 0.333. The average Bonchev–Trinajstić information content (AvgIpc) is 2.95. The van der Waals surface area contributed by atoms with Crippen LogP contribution in [0.3, 0.4) is 0 Å². The van der Waals surface area contributed by atoms with Gasteiger partial charge < -0.3 is 20.7 Å². The molecule has 0 radical (unpaired) electrons. The Morgan fingerprint density at radius 3 is 2.42 bits per heavy atom. The minimum atomic E-state index is -4.78. The standard InChI is InChI=1S/C27H31F3N8O4S/c1-5-23(39)33-22-12-18(16-37-8-10-38(11-9-37)43(4,40)41)6-7-20(22)34-25-19(27(28,29)30)15-32-26(36-25)35-21-13-24(42-3)31-14-17(21)2/h5-7,12-15H,1,8-11,16H2,2-4H3,(H,33,39)(H2,31,32,34,35,36). The van der Waals surface area contributed by atoms with Gasteiger partial charge in [0.2, 0.25) is 27.8 Å². The zero-order valence-electron chi connectivity index (χ0n) is 23.7. The minimum absolute atomic E-state index is 0.117. The van der Waals surface area contributed by atoms with Gasteiger partial charge >= 0.3 is 6.18 Å². The van der Waals surface area contributed by atoms with E-state index in [4.69, 9.17) is 4.74 Å². The van der Waals surface area contributed by atoms with E-state index in [1.165, 1.54) is 29.9 Å². The molecule has 16 heteroatoms. The Balaban J connectivity index is 1.63. The predicted octanol–water partition coefficient (Wildman–Crippen LogP) is 3.90. The number of methoxy groups -OCH3 is 1. The molecule has 0 atom stereocenters. The number of rotatable bonds is 10. The molecule has 0 unspecified atom stereocenters. The number of benzene rings is 1. The Morgan fingerprint density at radius 1 is 1.07 bits per heavy atom. The van der Waals surface area contributed by atoms with Crippen molar-refractivity contribution in [1.29, 1.82) is 0 Å². The molecule has 3 heterocycles. The number of pyridine rings is 1. The minimum Gasteiger partial charge on any atom is -0.481 e. The van der Waals surface area contributed by atoms with Crippen LogP contribution in [0.1, 0.15) is 16.7 Å². The molecule has 1 saturated heterocycles. The fourth-order valence-electron chi connectivity index (χ4n) is 4.31. The van der Waals surface area contributed by atoms with E-state index in [2.05, 4.69) is 37.5 Å². The molecule has 0 spiro atoms. The molecule has 12 nitrogen and oxygen atoms in total. The van der Waals surface area contributed by atoms with E-state index in [0.717, 1.165) is 11.6 Å². The second kappa shape index (κ2) is 12.9. The summed E-state index contributed by atoms with van der Waals surface area (Å²) in [6.07, 6.45) is -0.374. The number of amides is 1. The maximum absolute atomic E-state index is 14.0. The number of aryl methyl sites for hydroxylation is 1. The zero-order chi connectivity index (χ0) is 31.4. The first-order valence-corrected chi connectivity index (χ1v) is 14.8. The van der Waals surface area contributed by atoms with Gasteiger partial charge in [0, 0.05) is 51.2 Å². The maximum atomic E-state index is 14.0. The summed E-state index contributed by atoms with van der Waals surface area (Å²) in [4.78, 5) is 26.3. The Hall–Kier alpha value is -4.28. The molecular weight excluding hydrogens is 589 g/mol. The van der Waals surface area contributed by atoms with Crippen molar-refractivity contribution < 1.29 is 31.1 Å². The summed E-state index contributed by atoms with van der Waals surface area (Å²) < 4.78 is 72.1. The molecule has 230 valence electrons. The van der Waals surface area contributed by atoms with Crippen LogP contribution in [0.15, 0.2) is 49.3 Å². The molecule has 1 amide bonds. The number of nitrogens with one attached hydrogen (secondary N) is 3. The van der Waals surface area contributed by atoms with Crippen molar-refractivity contribution in [3.05, 3.63) is 66.0 Å². The SMILES string of the molecule is C=CC(=O)Nc1cc(CN2CCN(S(C)(=O)=O)CC2)ccc1Nc1nc(Nc2cc(OC)ncc2C)ncc1C(F)(F)F. The van der Waals surface area contributed by atoms with E-state index < -0.39 is 33.5 Å². The average molecular weight is 621 g/mol. The topological polar surface area (TPSA) is 142 Å². The number of hydrogen-bond acceptors (Lipinski definition) is 10. The molecule has 3 N–H and O–H groups in total. The summed E-state index contributed by atoms with van der Waals surface area (Å²) in [5.74, 6) is -0.931. The van der Waals surface area contributed by atoms with Gasteiger partial charge in [0.15, 0.2) is 0 Å². The molecule has 0 bridgehead atoms. The van der Waals surface area contributed by atoms with Crippen molar-refractivity contribution in [2.45, 2.75) is 19.6 Å². The second-order valence-electron chi connectivity index (χ2n) is 9.76. The highest BCUT2D eigenvalue weighted by Crippen LogP contribution is 2.37. The van der Waals surface area contributed by atoms with Crippen molar-refractivity contribution in [3.8, 4) is 5.88 Å². The Labute approximate surface area is 247 Å². The number of sulfonamides is 1. The smallest absolute Gasteiger partial charge is 0.421 e. The van der Waals surface area contributed by atoms with E-state index >= 15 is 0 Å². The molecule has 0 saturated carbocycles. The third-order valence-electron chi connectivity index (χ3n) is 6.61. The van der Waals surface area contributed by atoms with Crippen molar-refractivity contribution >= 4 is 44.8 Å². The number of halogens is 3. The van der Waals surface area contributed by atoms with Gasteiger partial charge in [-0.15, -0.1) is 0 Å². The number of hydrogen-bond donors (Lipinski definition) is 3. The Bertz CT molecular complexity index is 1610. The zero-order valence-corrected chi connectivity index (χ0v) is 24.5. The van der Waals surface area contributed by atoms with Crippen molar-refractivity contribution in [2.75, 3.05) is 55.5 Å². The van der Waals surface area contributed by atoms with E-state index in [1.54, 1.807) is 25.1 Å². The van der Waals surface area contributed by atoms with Crippen LogP contribution in [0, 0.1) is 6.92 Å². The number of carbonyl (C=O) groups is 1. The Kier molecular flexibility index (Phi) is 9.52. The van der Waals surface area contributed by atoms with E-state index in [-0.39, 0.29) is 17.3 Å². The van der Waals surface area contributed by atoms with Gasteiger partial charge in [-0.2, -0.15) is 22.5 Å². The number of aromatic nitrogens is 3. The monoisotopic (exact) mass is 620 g/mol. The summed E-state index contributed by atoms with van der Waals surface area (Å²) in [5.41, 5.74) is 1.16. The lowest BCUT2D eigenvalue weighted by molar-refractivity contribution is -0.137. The Morgan fingerprint density at radius 2 is 1.79 bits per heavy atom. The first-order chi connectivity index (χ1) is 20.3. The molecular formula is C27H31F3N8O4S. The van der Waals surface area contributed by atoms with Gasteiger partial charge in [0.25, 0.3) is 0 Å². The van der Waals surface area contributed by atoms with Crippen LogP contribution in [0.2, 0.25) is 0 Å². The molecule has 1 aliphatic heterocycles. The number of nitrogens with zero attached hydrogens (tertiary/aromatic N) is 5. The lowest BCUT2D eigenvalue weighted by Crippen LogP contribution is -2.47. The quantitative estimate of drug-likeness (QED) is 0.286. The number of piperazine rings is 1. The largest absolute Gasteiger partial charge is 0.481 e. The summed E-state index contributed by atoms with van der Waals surface area (Å²) in [7, 11) is -1.85. The highest BCUT2D eigenvalue weighted by molar-refractivity contribution is 7.88. The molecule has 2 aromatic heterocycles. The van der Waals surface area contributed by atoms with Crippen LogP contribution in [0.4, 0.5) is 42.0 Å². The van der Waals surface area contributed by atoms with Gasteiger partial charge in [-0.05, 0) is 36.3 Å². The first kappa shape index (κ1) is 31.7. The van der Waals surface area contributed by atoms with Crippen LogP contribution in [-0.2, 0) is 27.5 Å². The third-order valence-corrected chi connectivity index (χ3v) is 7.92. The molecule has 1 aromatic carbocycles. The van der Waals surface area contributed by atoms with Crippen LogP contribution < -0.4 is 20.7 Å². The fourth-order valence-corrected chi connectivity index (χ4v) is 5.13. The molecule has 43 heavy (non-hydrogen) atoms. The summed E-state index contributed by atoms with van der Waals surface area (Å²) >= 11 is 0. The van der Waals surface area contributed by atoms with E-state index in [1.807, 2.05) is 4.90 Å². The summed E-state index contributed by atoms with van der Waals surface area (Å²) in [6.45, 7) is 7.30. The lowest BCUT2D eigenvalue weighted by atomic mass is 10.1. The molecule has 3 aromatic rings. The number of ether oxygens (including phenoxy) is 1. The lowest BCUT2D eigenvalue weighted by Gasteiger charge is -2.33. The van der Waals surface area contributed by atoms with Crippen molar-refractivity contribution in [1.82, 2.24) is 24.2 Å². The highest BCUT2D eigenvalue weighted by Gasteiger charge is 2.35. The van der Waals surface area contributed by atoms with Gasteiger partial charge in [-0.3, -0.25) is 9.69 Å². The molecule has 1 aliphatic rings. The van der Waals surface area contributed by atoms with Gasteiger partial charge in [0.05, 0.1) is 30.4 Å². The predicted molar refractivity (Wildman–Crippen MR) is 156 cm³/mol. The van der Waals surface area contributed by atoms with Gasteiger partial charge in [0.1, 0.15) is 11.4 Å². The number of alkyl halides is 3. The van der Waals surface area contributed by atoms with Crippen molar-refractivity contribution in [3.63, 3.8) is 0 Å². The van der Waals surface area contributed by atoms with Crippen LogP contribution in [0.25, 0.3) is 0 Å². The third kappa shape index (κ3) is 8.18. The van der Waals surface area contributed by atoms with E-state index in [9.17, 15) is 26.4 Å². The summed E-state index contributed by atoms with van der Waals surface area (Å²) in [6, 6.07) is 6.43. The van der Waals surface area contributed by atoms with Crippen LogP contribution in [0.5, 0.6) is 5.88 Å². The summed E-state index contributed by atoms with van der Waals surface area (Å²) in [5, 5.41) is 8.24. The van der Waals surface area contributed by atoms with Crippen molar-refractivity contribution in [2.24, 2.45) is 0 Å². The van der Waals surface area contributed by atoms with E-state index in [0.29, 0.717) is 56.1 Å². The van der Waals surface area contributed by atoms with Gasteiger partial charge in [-0.1, -0.05) is 12.6 Å². The number of carbonyl (C=O) groups excluding carboxylic acids is 1. The molecule has 4 rings (SSSR count). The number of anilines is 5. The molecule has 1 fully saturated rings. The first-order valence-electron chi connectivity index (χ1n) is 13.0. The molecule has 0 aliphatic carbocycles. The van der Waals surface area contributed by atoms with Crippen LogP contribution in [-0.4, -0.2) is 78.0 Å². The van der Waals surface area contributed by atoms with Crippen LogP contribution >= 0.6 is 0 Å².